The minimum absolute atomic E-state index is 0.177. The maximum atomic E-state index is 12.7. The van der Waals surface area contributed by atoms with Crippen LogP contribution in [0.5, 0.6) is 5.75 Å². The van der Waals surface area contributed by atoms with Gasteiger partial charge >= 0.3 is 0 Å². The van der Waals surface area contributed by atoms with E-state index in [0.717, 1.165) is 5.56 Å². The zero-order valence-electron chi connectivity index (χ0n) is 16.9. The van der Waals surface area contributed by atoms with E-state index in [1.807, 2.05) is 0 Å². The van der Waals surface area contributed by atoms with Crippen LogP contribution in [0.15, 0.2) is 58.8 Å². The standard InChI is InChI=1S/C21H20ClN3O5S2/c22-16-2-1-3-17(12-16)30-13-20(26)24-21-23-19(14-31-21)15-4-6-18(7-5-15)32(27,28)25-8-10-29-11-9-25/h1-7,12,14H,8-11,13H2,(H,23,24,26). The van der Waals surface area contributed by atoms with Gasteiger partial charge in [-0.3, -0.25) is 10.1 Å². The van der Waals surface area contributed by atoms with Gasteiger partial charge in [0.05, 0.1) is 23.8 Å². The zero-order valence-corrected chi connectivity index (χ0v) is 19.3. The first-order chi connectivity index (χ1) is 15.4. The van der Waals surface area contributed by atoms with E-state index < -0.39 is 10.0 Å². The highest BCUT2D eigenvalue weighted by Gasteiger charge is 2.26. The Morgan fingerprint density at radius 1 is 1.19 bits per heavy atom. The maximum Gasteiger partial charge on any atom is 0.264 e. The van der Waals surface area contributed by atoms with Crippen LogP contribution in [0.4, 0.5) is 5.13 Å². The summed E-state index contributed by atoms with van der Waals surface area (Å²) >= 11 is 7.16. The molecule has 168 valence electrons. The van der Waals surface area contributed by atoms with Crippen LogP contribution >= 0.6 is 22.9 Å². The van der Waals surface area contributed by atoms with E-state index in [1.54, 1.807) is 53.9 Å². The lowest BCUT2D eigenvalue weighted by Gasteiger charge is -2.26. The number of nitrogens with one attached hydrogen (secondary N) is 1. The Hall–Kier alpha value is -2.50. The van der Waals surface area contributed by atoms with Crippen LogP contribution in [0.1, 0.15) is 0 Å². The monoisotopic (exact) mass is 493 g/mol. The van der Waals surface area contributed by atoms with Crippen LogP contribution in [0.3, 0.4) is 0 Å². The topological polar surface area (TPSA) is 97.8 Å². The van der Waals surface area contributed by atoms with Crippen LogP contribution in [-0.2, 0) is 19.6 Å². The van der Waals surface area contributed by atoms with Crippen LogP contribution in [0.2, 0.25) is 5.02 Å². The van der Waals surface area contributed by atoms with Gasteiger partial charge in [-0.1, -0.05) is 29.8 Å². The van der Waals surface area contributed by atoms with Crippen molar-refractivity contribution in [2.75, 3.05) is 38.2 Å². The van der Waals surface area contributed by atoms with E-state index in [-0.39, 0.29) is 17.4 Å². The molecule has 0 unspecified atom stereocenters. The molecule has 1 amide bonds. The highest BCUT2D eigenvalue weighted by Crippen LogP contribution is 2.27. The summed E-state index contributed by atoms with van der Waals surface area (Å²) in [6.07, 6.45) is 0. The minimum atomic E-state index is -3.55. The van der Waals surface area contributed by atoms with Crippen molar-refractivity contribution >= 4 is 44.0 Å². The van der Waals surface area contributed by atoms with Gasteiger partial charge in [0.15, 0.2) is 11.7 Å². The Morgan fingerprint density at radius 3 is 2.66 bits per heavy atom. The molecule has 8 nitrogen and oxygen atoms in total. The van der Waals surface area contributed by atoms with Crippen LogP contribution in [0.25, 0.3) is 11.3 Å². The third-order valence-corrected chi connectivity index (χ3v) is 7.58. The number of morpholine rings is 1. The van der Waals surface area contributed by atoms with E-state index in [0.29, 0.717) is 47.9 Å². The number of anilines is 1. The number of sulfonamides is 1. The summed E-state index contributed by atoms with van der Waals surface area (Å²) in [5, 5.41) is 5.43. The third kappa shape index (κ3) is 5.45. The highest BCUT2D eigenvalue weighted by atomic mass is 35.5. The number of hydrogen-bond donors (Lipinski definition) is 1. The summed E-state index contributed by atoms with van der Waals surface area (Å²) in [4.78, 5) is 16.8. The van der Waals surface area contributed by atoms with E-state index in [2.05, 4.69) is 10.3 Å². The summed E-state index contributed by atoms with van der Waals surface area (Å²) in [6.45, 7) is 1.31. The summed E-state index contributed by atoms with van der Waals surface area (Å²) < 4.78 is 37.5. The van der Waals surface area contributed by atoms with Crippen molar-refractivity contribution in [3.63, 3.8) is 0 Å². The number of hydrogen-bond acceptors (Lipinski definition) is 7. The molecule has 1 saturated heterocycles. The van der Waals surface area contributed by atoms with E-state index >= 15 is 0 Å². The first-order valence-corrected chi connectivity index (χ1v) is 12.4. The number of rotatable bonds is 7. The molecule has 0 spiro atoms. The number of amides is 1. The fourth-order valence-corrected chi connectivity index (χ4v) is 5.38. The van der Waals surface area contributed by atoms with Gasteiger partial charge in [-0.25, -0.2) is 13.4 Å². The van der Waals surface area contributed by atoms with Crippen molar-refractivity contribution in [3.8, 4) is 17.0 Å². The molecule has 0 atom stereocenters. The fourth-order valence-electron chi connectivity index (χ4n) is 3.06. The molecule has 1 fully saturated rings. The minimum Gasteiger partial charge on any atom is -0.484 e. The second-order valence-electron chi connectivity index (χ2n) is 6.87. The second-order valence-corrected chi connectivity index (χ2v) is 10.1. The molecule has 11 heteroatoms. The summed E-state index contributed by atoms with van der Waals surface area (Å²) in [5.41, 5.74) is 1.38. The number of carbonyl (C=O) groups is 1. The average molecular weight is 494 g/mol. The number of aromatic nitrogens is 1. The van der Waals surface area contributed by atoms with E-state index in [9.17, 15) is 13.2 Å². The van der Waals surface area contributed by atoms with Crippen molar-refractivity contribution in [1.82, 2.24) is 9.29 Å². The lowest BCUT2D eigenvalue weighted by molar-refractivity contribution is -0.118. The van der Waals surface area contributed by atoms with Crippen molar-refractivity contribution < 1.29 is 22.7 Å². The quantitative estimate of drug-likeness (QED) is 0.541. The number of benzene rings is 2. The van der Waals surface area contributed by atoms with Crippen LogP contribution in [-0.4, -0.2) is 56.5 Å². The molecular formula is C21H20ClN3O5S2. The molecule has 1 N–H and O–H groups in total. The molecule has 4 rings (SSSR count). The van der Waals surface area contributed by atoms with Gasteiger partial charge in [0.2, 0.25) is 10.0 Å². The zero-order chi connectivity index (χ0) is 22.6. The number of halogens is 1. The number of ether oxygens (including phenoxy) is 2. The first kappa shape index (κ1) is 22.7. The lowest BCUT2D eigenvalue weighted by Crippen LogP contribution is -2.40. The molecule has 0 saturated carbocycles. The van der Waals surface area contributed by atoms with Crippen molar-refractivity contribution in [1.29, 1.82) is 0 Å². The van der Waals surface area contributed by atoms with Crippen molar-refractivity contribution in [2.24, 2.45) is 0 Å². The fraction of sp³-hybridized carbons (Fsp3) is 0.238. The predicted octanol–water partition coefficient (Wildman–Crippen LogP) is 3.50. The summed E-state index contributed by atoms with van der Waals surface area (Å²) in [5.74, 6) is 0.150. The summed E-state index contributed by atoms with van der Waals surface area (Å²) in [7, 11) is -3.55. The molecule has 1 aliphatic heterocycles. The third-order valence-electron chi connectivity index (χ3n) is 4.67. The molecule has 2 aromatic carbocycles. The van der Waals surface area contributed by atoms with Gasteiger partial charge in [0, 0.05) is 29.1 Å². The molecule has 2 heterocycles. The Kier molecular flexibility index (Phi) is 7.07. The molecule has 3 aromatic rings. The van der Waals surface area contributed by atoms with Gasteiger partial charge in [-0.05, 0) is 30.3 Å². The molecule has 0 bridgehead atoms. The number of thiazole rings is 1. The van der Waals surface area contributed by atoms with Crippen LogP contribution < -0.4 is 10.1 Å². The lowest BCUT2D eigenvalue weighted by atomic mass is 10.2. The van der Waals surface area contributed by atoms with E-state index in [4.69, 9.17) is 21.1 Å². The number of carbonyl (C=O) groups excluding carboxylic acids is 1. The van der Waals surface area contributed by atoms with Gasteiger partial charge in [0.25, 0.3) is 5.91 Å². The predicted molar refractivity (Wildman–Crippen MR) is 123 cm³/mol. The van der Waals surface area contributed by atoms with Gasteiger partial charge in [0.1, 0.15) is 5.75 Å². The van der Waals surface area contributed by atoms with Crippen LogP contribution in [0, 0.1) is 0 Å². The van der Waals surface area contributed by atoms with Crippen molar-refractivity contribution in [2.45, 2.75) is 4.90 Å². The SMILES string of the molecule is O=C(COc1cccc(Cl)c1)Nc1nc(-c2ccc(S(=O)(=O)N3CCOCC3)cc2)cs1. The first-order valence-electron chi connectivity index (χ1n) is 9.74. The highest BCUT2D eigenvalue weighted by molar-refractivity contribution is 7.89. The average Bonchev–Trinajstić information content (AvgIpc) is 3.27. The molecule has 1 aromatic heterocycles. The van der Waals surface area contributed by atoms with Gasteiger partial charge < -0.3 is 9.47 Å². The van der Waals surface area contributed by atoms with Gasteiger partial charge in [-0.2, -0.15) is 4.31 Å². The smallest absolute Gasteiger partial charge is 0.264 e. The maximum absolute atomic E-state index is 12.7. The molecule has 1 aliphatic rings. The summed E-state index contributed by atoms with van der Waals surface area (Å²) in [6, 6.07) is 13.3. The molecule has 0 aliphatic carbocycles. The molecule has 0 radical (unpaired) electrons. The Labute approximate surface area is 194 Å². The Bertz CT molecular complexity index is 1190. The second kappa shape index (κ2) is 9.97. The molecular weight excluding hydrogens is 474 g/mol. The van der Waals surface area contributed by atoms with Gasteiger partial charge in [-0.15, -0.1) is 11.3 Å². The largest absolute Gasteiger partial charge is 0.484 e. The van der Waals surface area contributed by atoms with E-state index in [1.165, 1.54) is 15.6 Å². The Morgan fingerprint density at radius 2 is 1.94 bits per heavy atom. The number of nitrogens with zero attached hydrogens (tertiary/aromatic N) is 2. The van der Waals surface area contributed by atoms with Crippen molar-refractivity contribution in [3.05, 3.63) is 58.9 Å². The molecule has 32 heavy (non-hydrogen) atoms. The Balaban J connectivity index is 1.37. The normalized spacial score (nSPS) is 14.8.